The number of anilines is 1. The Balaban J connectivity index is 2.69. The zero-order chi connectivity index (χ0) is 11.1. The highest BCUT2D eigenvalue weighted by Crippen LogP contribution is 2.16. The second-order valence-electron chi connectivity index (χ2n) is 2.70. The van der Waals surface area contributed by atoms with E-state index in [1.54, 1.807) is 31.6 Å². The number of nitrogens with zero attached hydrogens (tertiary/aromatic N) is 1. The predicted octanol–water partition coefficient (Wildman–Crippen LogP) is 1.47. The minimum atomic E-state index is -0.490. The van der Waals surface area contributed by atoms with Crippen molar-refractivity contribution in [2.75, 3.05) is 19.4 Å². The molecule has 0 saturated heterocycles. The normalized spacial score (nSPS) is 10.0. The number of hydrogen-bond acceptors (Lipinski definition) is 3. The number of rotatable bonds is 3. The fourth-order valence-electron chi connectivity index (χ4n) is 0.947. The van der Waals surface area contributed by atoms with E-state index in [1.165, 1.54) is 7.05 Å². The SMILES string of the molecule is CN=CNc1cccc(OC(=O)NC)c1. The Kier molecular flexibility index (Phi) is 4.15. The van der Waals surface area contributed by atoms with Crippen molar-refractivity contribution in [2.24, 2.45) is 4.99 Å². The van der Waals surface area contributed by atoms with Crippen LogP contribution in [0.2, 0.25) is 0 Å². The molecule has 0 aliphatic rings. The minimum absolute atomic E-state index is 0.476. The number of aliphatic imine (C=N–C) groups is 1. The highest BCUT2D eigenvalue weighted by molar-refractivity contribution is 5.76. The van der Waals surface area contributed by atoms with Crippen LogP contribution in [-0.2, 0) is 0 Å². The van der Waals surface area contributed by atoms with E-state index in [2.05, 4.69) is 15.6 Å². The topological polar surface area (TPSA) is 62.7 Å². The van der Waals surface area contributed by atoms with Gasteiger partial charge in [-0.15, -0.1) is 0 Å². The van der Waals surface area contributed by atoms with Crippen molar-refractivity contribution >= 4 is 18.1 Å². The lowest BCUT2D eigenvalue weighted by atomic mass is 10.3. The Morgan fingerprint density at radius 1 is 1.53 bits per heavy atom. The molecule has 1 aromatic rings. The molecule has 0 radical (unpaired) electrons. The number of hydrogen-bond donors (Lipinski definition) is 2. The van der Waals surface area contributed by atoms with Crippen molar-refractivity contribution in [1.29, 1.82) is 0 Å². The number of nitrogens with one attached hydrogen (secondary N) is 2. The van der Waals surface area contributed by atoms with Crippen LogP contribution >= 0.6 is 0 Å². The first-order valence-corrected chi connectivity index (χ1v) is 4.43. The number of amides is 1. The molecule has 0 aliphatic carbocycles. The van der Waals surface area contributed by atoms with Gasteiger partial charge in [0.2, 0.25) is 0 Å². The average Bonchev–Trinajstić information content (AvgIpc) is 2.26. The molecule has 15 heavy (non-hydrogen) atoms. The second kappa shape index (κ2) is 5.64. The van der Waals surface area contributed by atoms with E-state index in [-0.39, 0.29) is 0 Å². The number of carbonyl (C=O) groups is 1. The molecular formula is C10H13N3O2. The van der Waals surface area contributed by atoms with Crippen LogP contribution in [0.1, 0.15) is 0 Å². The van der Waals surface area contributed by atoms with Crippen molar-refractivity contribution in [2.45, 2.75) is 0 Å². The number of ether oxygens (including phenoxy) is 1. The third-order valence-electron chi connectivity index (χ3n) is 1.61. The van der Waals surface area contributed by atoms with Crippen LogP contribution in [0.5, 0.6) is 5.75 Å². The van der Waals surface area contributed by atoms with E-state index in [9.17, 15) is 4.79 Å². The summed E-state index contributed by atoms with van der Waals surface area (Å²) in [6.07, 6.45) is 1.07. The van der Waals surface area contributed by atoms with Crippen LogP contribution in [0.15, 0.2) is 29.3 Å². The molecule has 0 saturated carbocycles. The zero-order valence-electron chi connectivity index (χ0n) is 8.65. The Hall–Kier alpha value is -2.04. The van der Waals surface area contributed by atoms with Crippen molar-refractivity contribution < 1.29 is 9.53 Å². The molecule has 1 aromatic carbocycles. The molecule has 0 atom stereocenters. The summed E-state index contributed by atoms with van der Waals surface area (Å²) in [6, 6.07) is 7.03. The maximum Gasteiger partial charge on any atom is 0.412 e. The van der Waals surface area contributed by atoms with E-state index in [4.69, 9.17) is 4.74 Å². The fraction of sp³-hybridized carbons (Fsp3) is 0.200. The summed E-state index contributed by atoms with van der Waals surface area (Å²) in [5.41, 5.74) is 0.807. The molecule has 0 fully saturated rings. The van der Waals surface area contributed by atoms with Gasteiger partial charge in [0.15, 0.2) is 0 Å². The van der Waals surface area contributed by atoms with E-state index in [0.717, 1.165) is 5.69 Å². The smallest absolute Gasteiger partial charge is 0.410 e. The molecule has 1 amide bonds. The van der Waals surface area contributed by atoms with Gasteiger partial charge in [-0.05, 0) is 12.1 Å². The average molecular weight is 207 g/mol. The fourth-order valence-corrected chi connectivity index (χ4v) is 0.947. The first-order chi connectivity index (χ1) is 7.26. The van der Waals surface area contributed by atoms with Gasteiger partial charge in [0.25, 0.3) is 0 Å². The van der Waals surface area contributed by atoms with Gasteiger partial charge in [-0.3, -0.25) is 4.99 Å². The molecule has 0 aliphatic heterocycles. The monoisotopic (exact) mass is 207 g/mol. The van der Waals surface area contributed by atoms with Crippen LogP contribution in [-0.4, -0.2) is 26.5 Å². The zero-order valence-corrected chi connectivity index (χ0v) is 8.65. The lowest BCUT2D eigenvalue weighted by Gasteiger charge is -2.05. The third kappa shape index (κ3) is 3.68. The van der Waals surface area contributed by atoms with Crippen molar-refractivity contribution in [3.8, 4) is 5.75 Å². The van der Waals surface area contributed by atoms with E-state index >= 15 is 0 Å². The van der Waals surface area contributed by atoms with Gasteiger partial charge in [-0.2, -0.15) is 0 Å². The second-order valence-corrected chi connectivity index (χ2v) is 2.70. The molecular weight excluding hydrogens is 194 g/mol. The quantitative estimate of drug-likeness (QED) is 0.582. The van der Waals surface area contributed by atoms with Gasteiger partial charge in [0, 0.05) is 25.8 Å². The summed E-state index contributed by atoms with van der Waals surface area (Å²) in [5.74, 6) is 0.476. The summed E-state index contributed by atoms with van der Waals surface area (Å²) in [5, 5.41) is 5.29. The standard InChI is InChI=1S/C10H13N3O2/c1-11-7-13-8-4-3-5-9(6-8)15-10(14)12-2/h3-7H,1-2H3,(H,11,13)(H,12,14). The van der Waals surface area contributed by atoms with Gasteiger partial charge < -0.3 is 15.4 Å². The maximum atomic E-state index is 10.9. The maximum absolute atomic E-state index is 10.9. The predicted molar refractivity (Wildman–Crippen MR) is 59.6 cm³/mol. The largest absolute Gasteiger partial charge is 0.412 e. The molecule has 5 nitrogen and oxygen atoms in total. The molecule has 0 heterocycles. The lowest BCUT2D eigenvalue weighted by Crippen LogP contribution is -2.22. The van der Waals surface area contributed by atoms with Crippen LogP contribution < -0.4 is 15.4 Å². The van der Waals surface area contributed by atoms with E-state index < -0.39 is 6.09 Å². The minimum Gasteiger partial charge on any atom is -0.410 e. The third-order valence-corrected chi connectivity index (χ3v) is 1.61. The van der Waals surface area contributed by atoms with Gasteiger partial charge in [0.1, 0.15) is 5.75 Å². The first kappa shape index (κ1) is 11.0. The van der Waals surface area contributed by atoms with Gasteiger partial charge in [-0.25, -0.2) is 4.79 Å². The molecule has 80 valence electrons. The molecule has 0 aromatic heterocycles. The summed E-state index contributed by atoms with van der Waals surface area (Å²) in [7, 11) is 3.17. The van der Waals surface area contributed by atoms with Crippen LogP contribution in [0, 0.1) is 0 Å². The highest BCUT2D eigenvalue weighted by atomic mass is 16.5. The van der Waals surface area contributed by atoms with Crippen LogP contribution in [0.25, 0.3) is 0 Å². The summed E-state index contributed by atoms with van der Waals surface area (Å²) in [4.78, 5) is 14.7. The van der Waals surface area contributed by atoms with Gasteiger partial charge in [-0.1, -0.05) is 6.07 Å². The first-order valence-electron chi connectivity index (χ1n) is 4.43. The van der Waals surface area contributed by atoms with Crippen LogP contribution in [0.3, 0.4) is 0 Å². The Bertz CT molecular complexity index is 363. The Labute approximate surface area is 88.2 Å². The lowest BCUT2D eigenvalue weighted by molar-refractivity contribution is 0.203. The number of carbonyl (C=O) groups excluding carboxylic acids is 1. The summed E-state index contributed by atoms with van der Waals surface area (Å²) >= 11 is 0. The molecule has 0 unspecified atom stereocenters. The molecule has 5 heteroatoms. The summed E-state index contributed by atoms with van der Waals surface area (Å²) < 4.78 is 4.95. The molecule has 2 N–H and O–H groups in total. The molecule has 0 bridgehead atoms. The van der Waals surface area contributed by atoms with E-state index in [1.807, 2.05) is 6.07 Å². The molecule has 0 spiro atoms. The number of benzene rings is 1. The van der Waals surface area contributed by atoms with Gasteiger partial charge >= 0.3 is 6.09 Å². The Morgan fingerprint density at radius 2 is 2.33 bits per heavy atom. The summed E-state index contributed by atoms with van der Waals surface area (Å²) in [6.45, 7) is 0. The van der Waals surface area contributed by atoms with Crippen LogP contribution in [0.4, 0.5) is 10.5 Å². The van der Waals surface area contributed by atoms with Crippen molar-refractivity contribution in [3.05, 3.63) is 24.3 Å². The Morgan fingerprint density at radius 3 is 3.00 bits per heavy atom. The van der Waals surface area contributed by atoms with Crippen molar-refractivity contribution in [1.82, 2.24) is 5.32 Å². The van der Waals surface area contributed by atoms with Gasteiger partial charge in [0.05, 0.1) is 6.34 Å². The van der Waals surface area contributed by atoms with Crippen molar-refractivity contribution in [3.63, 3.8) is 0 Å². The molecule has 1 rings (SSSR count). The highest BCUT2D eigenvalue weighted by Gasteiger charge is 2.01. The van der Waals surface area contributed by atoms with E-state index in [0.29, 0.717) is 5.75 Å².